The van der Waals surface area contributed by atoms with Crippen LogP contribution in [0.2, 0.25) is 10.0 Å². The minimum atomic E-state index is -4.77. The molecule has 1 saturated heterocycles. The molecular weight excluding hydrogens is 569 g/mol. The Hall–Kier alpha value is -3.47. The molecule has 12 heteroatoms. The van der Waals surface area contributed by atoms with E-state index in [-0.39, 0.29) is 24.4 Å². The van der Waals surface area contributed by atoms with Gasteiger partial charge < -0.3 is 4.90 Å². The second-order valence-electron chi connectivity index (χ2n) is 9.64. The normalized spacial score (nSPS) is 17.6. The largest absolute Gasteiger partial charge is 0.419 e. The van der Waals surface area contributed by atoms with E-state index in [1.54, 1.807) is 59.4 Å². The van der Waals surface area contributed by atoms with E-state index in [2.05, 4.69) is 10.1 Å². The Balaban J connectivity index is 1.39. The van der Waals surface area contributed by atoms with Gasteiger partial charge in [0, 0.05) is 50.2 Å². The van der Waals surface area contributed by atoms with E-state index in [9.17, 15) is 22.4 Å². The van der Waals surface area contributed by atoms with Crippen molar-refractivity contribution in [1.82, 2.24) is 24.6 Å². The van der Waals surface area contributed by atoms with Crippen molar-refractivity contribution in [2.75, 3.05) is 20.1 Å². The van der Waals surface area contributed by atoms with E-state index in [0.29, 0.717) is 40.1 Å². The van der Waals surface area contributed by atoms with Gasteiger partial charge in [-0.2, -0.15) is 18.3 Å². The predicted molar refractivity (Wildman–Crippen MR) is 143 cm³/mol. The summed E-state index contributed by atoms with van der Waals surface area (Å²) >= 11 is 12.4. The molecule has 2 aromatic carbocycles. The van der Waals surface area contributed by atoms with Gasteiger partial charge in [-0.3, -0.25) is 9.69 Å². The van der Waals surface area contributed by atoms with Gasteiger partial charge >= 0.3 is 6.18 Å². The molecule has 5 rings (SSSR count). The van der Waals surface area contributed by atoms with Crippen LogP contribution in [0.5, 0.6) is 0 Å². The number of carbonyl (C=O) groups excluding carboxylic acids is 1. The van der Waals surface area contributed by atoms with Crippen LogP contribution in [0.15, 0.2) is 73.2 Å². The van der Waals surface area contributed by atoms with Crippen molar-refractivity contribution in [3.05, 3.63) is 111 Å². The van der Waals surface area contributed by atoms with Crippen LogP contribution in [0, 0.1) is 5.82 Å². The van der Waals surface area contributed by atoms with E-state index in [4.69, 9.17) is 23.2 Å². The maximum atomic E-state index is 14.2. The molecule has 1 aliphatic heterocycles. The van der Waals surface area contributed by atoms with Gasteiger partial charge in [0.05, 0.1) is 21.2 Å². The Morgan fingerprint density at radius 1 is 1.07 bits per heavy atom. The smallest absolute Gasteiger partial charge is 0.336 e. The summed E-state index contributed by atoms with van der Waals surface area (Å²) in [5.41, 5.74) is 0.325. The van der Waals surface area contributed by atoms with Crippen LogP contribution in [-0.4, -0.2) is 56.7 Å². The number of benzene rings is 2. The lowest BCUT2D eigenvalue weighted by Crippen LogP contribution is -2.38. The average molecular weight is 592 g/mol. The Morgan fingerprint density at radius 2 is 1.88 bits per heavy atom. The zero-order valence-electron chi connectivity index (χ0n) is 21.1. The van der Waals surface area contributed by atoms with Crippen LogP contribution in [-0.2, 0) is 12.7 Å². The van der Waals surface area contributed by atoms with Crippen molar-refractivity contribution in [2.45, 2.75) is 24.7 Å². The highest BCUT2D eigenvalue weighted by Gasteiger charge is 2.39. The van der Waals surface area contributed by atoms with Crippen LogP contribution in [0.4, 0.5) is 17.6 Å². The lowest BCUT2D eigenvalue weighted by molar-refractivity contribution is -0.140. The quantitative estimate of drug-likeness (QED) is 0.241. The topological polar surface area (TPSA) is 54.3 Å². The number of hydrogen-bond acceptors (Lipinski definition) is 4. The molecule has 3 heterocycles. The van der Waals surface area contributed by atoms with Crippen molar-refractivity contribution >= 4 is 29.1 Å². The van der Waals surface area contributed by atoms with Crippen LogP contribution in [0.1, 0.15) is 33.0 Å². The van der Waals surface area contributed by atoms with Gasteiger partial charge in [0.1, 0.15) is 5.82 Å². The van der Waals surface area contributed by atoms with Gasteiger partial charge in [-0.25, -0.2) is 14.1 Å². The number of likely N-dealkylation sites (N-methyl/N-ethyl adjacent to an activating group) is 1. The van der Waals surface area contributed by atoms with Crippen molar-refractivity contribution in [2.24, 2.45) is 0 Å². The van der Waals surface area contributed by atoms with Gasteiger partial charge in [-0.1, -0.05) is 35.3 Å². The molecule has 2 atom stereocenters. The number of nitrogens with zero attached hydrogens (tertiary/aromatic N) is 5. The first kappa shape index (κ1) is 28.1. The SMILES string of the molecule is CN(Cc1ccc(C(F)(F)F)c(F)c1)C1CN(C(=O)c2ccc(-n3cccn3)nc2)CC1c1ccc(Cl)c(Cl)c1. The van der Waals surface area contributed by atoms with E-state index in [1.807, 2.05) is 11.0 Å². The standard InChI is InChI=1S/C28H23Cl2F4N5O/c1-37(14-17-3-6-21(24(31)11-17)28(32,33)34)25-16-38(15-20(25)18-4-7-22(29)23(30)12-18)27(40)19-5-8-26(35-13-19)39-10-2-9-36-39/h2-13,20,25H,14-16H2,1H3. The molecule has 0 radical (unpaired) electrons. The van der Waals surface area contributed by atoms with Crippen molar-refractivity contribution in [3.63, 3.8) is 0 Å². The second-order valence-corrected chi connectivity index (χ2v) is 10.5. The molecular formula is C28H23Cl2F4N5O. The summed E-state index contributed by atoms with van der Waals surface area (Å²) in [6.07, 6.45) is 0.0969. The molecule has 40 heavy (non-hydrogen) atoms. The molecule has 0 bridgehead atoms. The third-order valence-electron chi connectivity index (χ3n) is 7.02. The first-order valence-corrected chi connectivity index (χ1v) is 13.0. The number of aromatic nitrogens is 3. The third kappa shape index (κ3) is 5.84. The number of hydrogen-bond donors (Lipinski definition) is 0. The number of likely N-dealkylation sites (tertiary alicyclic amines) is 1. The van der Waals surface area contributed by atoms with Gasteiger partial charge in [-0.05, 0) is 60.6 Å². The van der Waals surface area contributed by atoms with Gasteiger partial charge in [0.2, 0.25) is 0 Å². The number of amides is 1. The van der Waals surface area contributed by atoms with Crippen LogP contribution in [0.3, 0.4) is 0 Å². The van der Waals surface area contributed by atoms with Gasteiger partial charge in [-0.15, -0.1) is 0 Å². The fourth-order valence-corrected chi connectivity index (χ4v) is 5.30. The van der Waals surface area contributed by atoms with E-state index >= 15 is 0 Å². The number of alkyl halides is 3. The maximum Gasteiger partial charge on any atom is 0.419 e. The molecule has 0 aliphatic carbocycles. The summed E-state index contributed by atoms with van der Waals surface area (Å²) < 4.78 is 54.9. The lowest BCUT2D eigenvalue weighted by Gasteiger charge is -2.29. The maximum absolute atomic E-state index is 14.2. The highest BCUT2D eigenvalue weighted by molar-refractivity contribution is 6.42. The van der Waals surface area contributed by atoms with Gasteiger partial charge in [0.25, 0.3) is 5.91 Å². The van der Waals surface area contributed by atoms with E-state index in [0.717, 1.165) is 17.7 Å². The molecule has 6 nitrogen and oxygen atoms in total. The Morgan fingerprint density at radius 3 is 2.50 bits per heavy atom. The molecule has 4 aromatic rings. The summed E-state index contributed by atoms with van der Waals surface area (Å²) in [5, 5.41) is 4.90. The Kier molecular flexibility index (Phi) is 7.85. The van der Waals surface area contributed by atoms with Crippen LogP contribution < -0.4 is 0 Å². The molecule has 2 unspecified atom stereocenters. The summed E-state index contributed by atoms with van der Waals surface area (Å²) in [6, 6.07) is 13.1. The molecule has 1 fully saturated rings. The van der Waals surface area contributed by atoms with E-state index in [1.165, 1.54) is 12.3 Å². The molecule has 0 spiro atoms. The second kappa shape index (κ2) is 11.2. The van der Waals surface area contributed by atoms with E-state index < -0.39 is 17.6 Å². The lowest BCUT2D eigenvalue weighted by atomic mass is 9.93. The molecule has 208 valence electrons. The molecule has 1 aliphatic rings. The molecule has 0 saturated carbocycles. The first-order chi connectivity index (χ1) is 19.0. The number of rotatable bonds is 6. The van der Waals surface area contributed by atoms with Gasteiger partial charge in [0.15, 0.2) is 5.82 Å². The summed E-state index contributed by atoms with van der Waals surface area (Å²) in [5.74, 6) is -1.17. The zero-order chi connectivity index (χ0) is 28.6. The Labute approximate surface area is 237 Å². The Bertz CT molecular complexity index is 1510. The minimum Gasteiger partial charge on any atom is -0.336 e. The summed E-state index contributed by atoms with van der Waals surface area (Å²) in [4.78, 5) is 21.4. The van der Waals surface area contributed by atoms with Crippen molar-refractivity contribution in [3.8, 4) is 5.82 Å². The van der Waals surface area contributed by atoms with Crippen molar-refractivity contribution < 1.29 is 22.4 Å². The van der Waals surface area contributed by atoms with Crippen LogP contribution >= 0.6 is 23.2 Å². The zero-order valence-corrected chi connectivity index (χ0v) is 22.6. The number of pyridine rings is 1. The summed E-state index contributed by atoms with van der Waals surface area (Å²) in [7, 11) is 1.79. The fraction of sp³-hybridized carbons (Fsp3) is 0.250. The molecule has 1 amide bonds. The first-order valence-electron chi connectivity index (χ1n) is 12.3. The highest BCUT2D eigenvalue weighted by Crippen LogP contribution is 2.36. The number of halogens is 6. The highest BCUT2D eigenvalue weighted by atomic mass is 35.5. The third-order valence-corrected chi connectivity index (χ3v) is 7.76. The minimum absolute atomic E-state index is 0.166. The molecule has 0 N–H and O–H groups in total. The fourth-order valence-electron chi connectivity index (χ4n) is 5.00. The average Bonchev–Trinajstić information content (AvgIpc) is 3.60. The van der Waals surface area contributed by atoms with Crippen LogP contribution in [0.25, 0.3) is 5.82 Å². The van der Waals surface area contributed by atoms with Crippen molar-refractivity contribution in [1.29, 1.82) is 0 Å². The molecule has 2 aromatic heterocycles. The predicted octanol–water partition coefficient (Wildman–Crippen LogP) is 6.47. The summed E-state index contributed by atoms with van der Waals surface area (Å²) in [6.45, 7) is 0.845. The monoisotopic (exact) mass is 591 g/mol. The number of carbonyl (C=O) groups is 1.